The third kappa shape index (κ3) is 31.7. The van der Waals surface area contributed by atoms with E-state index in [9.17, 15) is 13.6 Å². The van der Waals surface area contributed by atoms with Crippen molar-refractivity contribution in [2.24, 2.45) is 82.9 Å². The molecule has 0 aromatic heterocycles. The van der Waals surface area contributed by atoms with Crippen LogP contribution in [-0.4, -0.2) is 284 Å². The van der Waals surface area contributed by atoms with E-state index in [-0.39, 0.29) is 23.1 Å². The Kier molecular flexibility index (Phi) is 42.5. The SMILES string of the molecule is CC(=O)c1ccc(C(C)C)cc1F.CC(C)C1CCC(N2CCN(C)CC2)CC1.CC(C)C1CCC(N2CCN(C34CC(C3)C4)CC2)CC1.CC(C)C1CCC(N2CCN(C3CC3)CC2)CC1.CC(C)C1CCC(N2CCN(C3CCCC3)CC2)CC1.CC(C)C1CCC(N2CCN(CC3CCCCC3)CC2)CC1.CC(C)C1CCC(N2CCN(c3ccc(F)cc3)CC2)CC1. The number of hydrogen-bond acceptors (Lipinski definition) is 13. The molecule has 20 rings (SSSR count). The molecular weight excluding hydrogens is 1620 g/mol. The first kappa shape index (κ1) is 106. The van der Waals surface area contributed by atoms with Crippen LogP contribution in [0.25, 0.3) is 0 Å². The molecule has 6 heterocycles. The highest BCUT2D eigenvalue weighted by molar-refractivity contribution is 5.94. The van der Waals surface area contributed by atoms with E-state index in [0.29, 0.717) is 5.54 Å². The van der Waals surface area contributed by atoms with Crippen LogP contribution in [0, 0.1) is 94.5 Å². The lowest BCUT2D eigenvalue weighted by Gasteiger charge is -2.68. The Balaban J connectivity index is 0.000000131. The van der Waals surface area contributed by atoms with E-state index >= 15 is 0 Å². The number of carbonyl (C=O) groups is 1. The first-order valence-corrected chi connectivity index (χ1v) is 57.1. The maximum absolute atomic E-state index is 13.2. The topological polar surface area (TPSA) is 56.0 Å². The number of benzene rings is 2. The molecule has 748 valence electrons. The lowest BCUT2D eigenvalue weighted by atomic mass is 9.49. The molecule has 6 saturated heterocycles. The molecule has 0 atom stereocenters. The first-order valence-electron chi connectivity index (χ1n) is 57.1. The van der Waals surface area contributed by atoms with Gasteiger partial charge in [-0.1, -0.05) is 135 Å². The zero-order chi connectivity index (χ0) is 92.7. The number of halogens is 2. The number of Topliss-reactive ketones (excluding diaryl/α,β-unsaturated/α-hetero) is 1. The summed E-state index contributed by atoms with van der Waals surface area (Å²) in [6.07, 6.45) is 55.8. The maximum atomic E-state index is 13.2. The van der Waals surface area contributed by atoms with Gasteiger partial charge in [0.2, 0.25) is 0 Å². The largest absolute Gasteiger partial charge is 0.369 e. The molecule has 2 bridgehead atoms. The molecule has 2 aromatic rings. The Labute approximate surface area is 805 Å². The van der Waals surface area contributed by atoms with Gasteiger partial charge in [0.05, 0.1) is 5.56 Å². The zero-order valence-electron chi connectivity index (χ0n) is 87.9. The number of carbonyl (C=O) groups excluding carboxylic acids is 1. The second kappa shape index (κ2) is 52.7. The summed E-state index contributed by atoms with van der Waals surface area (Å²) in [6, 6.07) is 19.0. The molecule has 13 nitrogen and oxygen atoms in total. The summed E-state index contributed by atoms with van der Waals surface area (Å²) in [5.74, 6) is 12.9. The van der Waals surface area contributed by atoms with E-state index < -0.39 is 5.82 Å². The van der Waals surface area contributed by atoms with E-state index in [4.69, 9.17) is 0 Å². The van der Waals surface area contributed by atoms with Gasteiger partial charge < -0.3 is 14.7 Å². The smallest absolute Gasteiger partial charge is 0.162 e. The molecule has 131 heavy (non-hydrogen) atoms. The van der Waals surface area contributed by atoms with E-state index in [0.717, 1.165) is 169 Å². The molecule has 0 unspecified atom stereocenters. The van der Waals surface area contributed by atoms with Crippen LogP contribution < -0.4 is 4.90 Å². The van der Waals surface area contributed by atoms with Crippen LogP contribution in [-0.2, 0) is 0 Å². The molecule has 18 fully saturated rings. The van der Waals surface area contributed by atoms with Crippen molar-refractivity contribution in [1.82, 2.24) is 53.9 Å². The van der Waals surface area contributed by atoms with Crippen LogP contribution in [0.1, 0.15) is 370 Å². The Bertz CT molecular complexity index is 3400. The summed E-state index contributed by atoms with van der Waals surface area (Å²) in [5, 5.41) is 0. The van der Waals surface area contributed by atoms with Gasteiger partial charge in [-0.15, -0.1) is 0 Å². The molecule has 12 aliphatic carbocycles. The molecule has 2 aromatic carbocycles. The quantitative estimate of drug-likeness (QED) is 0.118. The third-order valence-corrected chi connectivity index (χ3v) is 38.5. The summed E-state index contributed by atoms with van der Waals surface area (Å²) in [4.78, 5) is 43.6. The average Bonchev–Trinajstić information content (AvgIpc) is 1.53. The van der Waals surface area contributed by atoms with Crippen LogP contribution in [0.4, 0.5) is 14.5 Å². The highest BCUT2D eigenvalue weighted by Crippen LogP contribution is 2.61. The maximum Gasteiger partial charge on any atom is 0.162 e. The summed E-state index contributed by atoms with van der Waals surface area (Å²) >= 11 is 0. The molecule has 0 amide bonds. The van der Waals surface area contributed by atoms with Gasteiger partial charge in [0, 0.05) is 223 Å². The molecule has 6 aliphatic heterocycles. The fourth-order valence-electron chi connectivity index (χ4n) is 28.2. The van der Waals surface area contributed by atoms with Crippen molar-refractivity contribution in [1.29, 1.82) is 0 Å². The summed E-state index contributed by atoms with van der Waals surface area (Å²) in [7, 11) is 2.24. The summed E-state index contributed by atoms with van der Waals surface area (Å²) in [5.41, 5.74) is 2.96. The molecule has 0 radical (unpaired) electrons. The van der Waals surface area contributed by atoms with Crippen molar-refractivity contribution >= 4 is 11.5 Å². The average molecular weight is 1820 g/mol. The van der Waals surface area contributed by atoms with E-state index in [1.165, 1.54) is 394 Å². The van der Waals surface area contributed by atoms with E-state index in [1.54, 1.807) is 24.3 Å². The third-order valence-electron chi connectivity index (χ3n) is 38.5. The Morgan fingerprint density at radius 3 is 0.870 bits per heavy atom. The monoisotopic (exact) mass is 1820 g/mol. The minimum Gasteiger partial charge on any atom is -0.369 e. The van der Waals surface area contributed by atoms with Gasteiger partial charge in [-0.2, -0.15) is 0 Å². The summed E-state index contributed by atoms with van der Waals surface area (Å²) < 4.78 is 26.3. The Hall–Kier alpha value is -2.67. The summed E-state index contributed by atoms with van der Waals surface area (Å²) in [6.45, 7) is 66.6. The van der Waals surface area contributed by atoms with Crippen LogP contribution >= 0.6 is 0 Å². The fourth-order valence-corrected chi connectivity index (χ4v) is 28.2. The predicted octanol–water partition coefficient (Wildman–Crippen LogP) is 24.3. The van der Waals surface area contributed by atoms with Gasteiger partial charge in [0.25, 0.3) is 0 Å². The van der Waals surface area contributed by atoms with Crippen LogP contribution in [0.15, 0.2) is 42.5 Å². The second-order valence-electron chi connectivity index (χ2n) is 49.0. The number of hydrogen-bond donors (Lipinski definition) is 0. The van der Waals surface area contributed by atoms with Crippen LogP contribution in [0.3, 0.4) is 0 Å². The van der Waals surface area contributed by atoms with Crippen molar-refractivity contribution in [3.8, 4) is 0 Å². The number of nitrogens with zero attached hydrogens (tertiary/aromatic N) is 12. The predicted molar refractivity (Wildman–Crippen MR) is 553 cm³/mol. The number of rotatable bonds is 20. The van der Waals surface area contributed by atoms with Crippen molar-refractivity contribution in [2.45, 2.75) is 408 Å². The van der Waals surface area contributed by atoms with Gasteiger partial charge in [-0.3, -0.25) is 48.9 Å². The lowest BCUT2D eigenvalue weighted by Crippen LogP contribution is -2.71. The Morgan fingerprint density at radius 2 is 0.595 bits per heavy atom. The minimum absolute atomic E-state index is 0.149. The second-order valence-corrected chi connectivity index (χ2v) is 49.0. The van der Waals surface area contributed by atoms with Crippen LogP contribution in [0.5, 0.6) is 0 Å². The molecular formula is C116H204F2N12O. The fraction of sp³-hybridized carbons (Fsp3) is 0.888. The number of anilines is 1. The number of likely N-dealkylation sites (N-methyl/N-ethyl adjacent to an activating group) is 1. The molecule has 15 heteroatoms. The minimum atomic E-state index is -0.418. The number of ketones is 1. The van der Waals surface area contributed by atoms with Crippen molar-refractivity contribution in [2.75, 3.05) is 176 Å². The van der Waals surface area contributed by atoms with Crippen molar-refractivity contribution in [3.05, 3.63) is 65.2 Å². The molecule has 18 aliphatic rings. The van der Waals surface area contributed by atoms with E-state index in [1.807, 2.05) is 26.0 Å². The lowest BCUT2D eigenvalue weighted by molar-refractivity contribution is -0.157. The van der Waals surface area contributed by atoms with Crippen molar-refractivity contribution in [3.63, 3.8) is 0 Å². The normalized spacial score (nSPS) is 32.8. The van der Waals surface area contributed by atoms with Gasteiger partial charge in [-0.25, -0.2) is 8.78 Å². The highest BCUT2D eigenvalue weighted by Gasteiger charge is 2.60. The van der Waals surface area contributed by atoms with Gasteiger partial charge >= 0.3 is 0 Å². The van der Waals surface area contributed by atoms with Gasteiger partial charge in [0.1, 0.15) is 11.6 Å². The first-order chi connectivity index (χ1) is 63.2. The molecule has 0 N–H and O–H groups in total. The molecule has 0 spiro atoms. The zero-order valence-corrected chi connectivity index (χ0v) is 87.9. The van der Waals surface area contributed by atoms with Crippen LogP contribution in [0.2, 0.25) is 0 Å². The Morgan fingerprint density at radius 1 is 0.321 bits per heavy atom. The number of piperazine rings is 6. The van der Waals surface area contributed by atoms with Gasteiger partial charge in [0.15, 0.2) is 5.78 Å². The van der Waals surface area contributed by atoms with E-state index in [2.05, 4.69) is 149 Å². The van der Waals surface area contributed by atoms with Gasteiger partial charge in [-0.05, 0) is 357 Å². The van der Waals surface area contributed by atoms with Crippen molar-refractivity contribution < 1.29 is 13.6 Å². The standard InChI is InChI=1S/C20H38N2.C19H29FN2.C18H32N2.C18H34N2.C16H30N2.C14H28N2.C11H13FO/c1-17(2)19-8-10-20(11-9-19)22-14-12-21(13-15-22)16-18-6-4-3-5-7-18;1-15(2)16-3-7-18(8-4-16)21-11-13-22(14-12-21)19-9-5-17(20)6-10-19;1-14(2)16-3-5-17(6-4-16)19-7-9-20(10-8-19)18-11-15(12-18)13-18;1-15(2)16-7-9-18(10-8-16)20-13-11-19(12-14-20)17-5-3-4-6-17;1-13(2)14-3-5-15(6-4-14)17-9-11-18(12-10-17)16-7-8-16;1-12(2)13-4-6-14(7-5-13)16-10-8-15(3)9-11-16;1-7(2)9-4-5-10(8(3)13)11(12)6-9/h17-20H,3-16H2,1-2H3;5-6,9-10,15-16,18H,3-4,7-8,11-14H2,1-2H3;14-17H,3-13H2,1-2H3;15-18H,3-14H2,1-2H3;13-16H,3-12H2,1-2H3;12-14H,4-11H2,1-3H3;4-7H,1-3H3. The molecule has 12 saturated carbocycles. The highest BCUT2D eigenvalue weighted by atomic mass is 19.1.